The van der Waals surface area contributed by atoms with Crippen molar-refractivity contribution < 1.29 is 28.6 Å². The van der Waals surface area contributed by atoms with E-state index in [2.05, 4.69) is 0 Å². The second-order valence-corrected chi connectivity index (χ2v) is 5.07. The van der Waals surface area contributed by atoms with E-state index in [-0.39, 0.29) is 31.4 Å². The molecule has 1 saturated heterocycles. The number of rotatable bonds is 8. The molecule has 1 aliphatic rings. The van der Waals surface area contributed by atoms with Gasteiger partial charge >= 0.3 is 11.9 Å². The fourth-order valence-electron chi connectivity index (χ4n) is 2.35. The van der Waals surface area contributed by atoms with E-state index in [0.717, 1.165) is 6.08 Å². The molecule has 0 aromatic rings. The van der Waals surface area contributed by atoms with Crippen LogP contribution in [-0.4, -0.2) is 54.8 Å². The fourth-order valence-corrected chi connectivity index (χ4v) is 2.35. The average Bonchev–Trinajstić information content (AvgIpc) is 2.56. The van der Waals surface area contributed by atoms with Gasteiger partial charge in [-0.15, -0.1) is 0 Å². The monoisotopic (exact) mass is 342 g/mol. The normalized spacial score (nSPS) is 17.4. The zero-order valence-electron chi connectivity index (χ0n) is 14.7. The van der Waals surface area contributed by atoms with Gasteiger partial charge in [0.25, 0.3) is 0 Å². The molecular weight excluding hydrogens is 316 g/mol. The quantitative estimate of drug-likeness (QED) is 0.408. The third-order valence-corrected chi connectivity index (χ3v) is 3.72. The van der Waals surface area contributed by atoms with Gasteiger partial charge in [0.2, 0.25) is 5.76 Å². The molecule has 1 rings (SSSR count). The molecule has 0 aliphatic carbocycles. The predicted molar refractivity (Wildman–Crippen MR) is 86.1 cm³/mol. The second kappa shape index (κ2) is 9.27. The lowest BCUT2D eigenvalue weighted by molar-refractivity contribution is -0.163. The highest BCUT2D eigenvalue weighted by Crippen LogP contribution is 2.28. The predicted octanol–water partition coefficient (Wildman–Crippen LogP) is 1.80. The van der Waals surface area contributed by atoms with Crippen LogP contribution in [0.4, 0.5) is 0 Å². The van der Waals surface area contributed by atoms with Crippen molar-refractivity contribution in [2.45, 2.75) is 46.1 Å². The van der Waals surface area contributed by atoms with Crippen LogP contribution in [0.2, 0.25) is 0 Å². The third-order valence-electron chi connectivity index (χ3n) is 3.72. The van der Waals surface area contributed by atoms with Crippen LogP contribution in [0.3, 0.4) is 0 Å². The highest BCUT2D eigenvalue weighted by Gasteiger charge is 2.41. The van der Waals surface area contributed by atoms with Gasteiger partial charge in [-0.2, -0.15) is 5.06 Å². The lowest BCUT2D eigenvalue weighted by atomic mass is 9.94. The van der Waals surface area contributed by atoms with Crippen molar-refractivity contribution >= 4 is 17.8 Å². The van der Waals surface area contributed by atoms with Crippen LogP contribution in [0.1, 0.15) is 40.5 Å². The molecule has 0 radical (unpaired) electrons. The van der Waals surface area contributed by atoms with E-state index in [0.29, 0.717) is 19.4 Å². The number of nitrogens with zero attached hydrogens (tertiary/aromatic N) is 1. The molecule has 0 aromatic heterocycles. The minimum absolute atomic E-state index is 0.109. The smallest absolute Gasteiger partial charge is 0.377 e. The van der Waals surface area contributed by atoms with Gasteiger partial charge < -0.3 is 19.0 Å². The lowest BCUT2D eigenvalue weighted by Crippen LogP contribution is -2.55. The fraction of sp³-hybridized carbons (Fsp3) is 0.688. The first-order chi connectivity index (χ1) is 11.4. The van der Waals surface area contributed by atoms with E-state index in [1.165, 1.54) is 5.06 Å². The summed E-state index contributed by atoms with van der Waals surface area (Å²) >= 11 is 0. The molecule has 1 fully saturated rings. The molecule has 0 unspecified atom stereocenters. The van der Waals surface area contributed by atoms with Gasteiger partial charge in [0, 0.05) is 0 Å². The molecule has 0 saturated carbocycles. The van der Waals surface area contributed by atoms with Crippen LogP contribution in [-0.2, 0) is 28.6 Å². The minimum Gasteiger partial charge on any atom is -0.463 e. The van der Waals surface area contributed by atoms with E-state index in [1.807, 2.05) is 13.8 Å². The molecule has 136 valence electrons. The maximum atomic E-state index is 12.0. The molecule has 0 atom stereocenters. The summed E-state index contributed by atoms with van der Waals surface area (Å²) in [6, 6.07) is 0. The molecule has 1 aliphatic heterocycles. The molecular formula is C16H26N2O6. The molecule has 0 amide bonds. The van der Waals surface area contributed by atoms with Crippen LogP contribution >= 0.6 is 0 Å². The summed E-state index contributed by atoms with van der Waals surface area (Å²) in [4.78, 5) is 29.2. The van der Waals surface area contributed by atoms with Crippen LogP contribution in [0.5, 0.6) is 0 Å². The summed E-state index contributed by atoms with van der Waals surface area (Å²) in [6.45, 7) is 8.07. The number of carbonyl (C=O) groups excluding carboxylic acids is 2. The molecule has 0 bridgehead atoms. The third kappa shape index (κ3) is 4.70. The highest BCUT2D eigenvalue weighted by molar-refractivity contribution is 5.95. The molecule has 1 heterocycles. The summed E-state index contributed by atoms with van der Waals surface area (Å²) in [7, 11) is 0. The summed E-state index contributed by atoms with van der Waals surface area (Å²) in [5.74, 6) is -1.71. The number of esters is 2. The van der Waals surface area contributed by atoms with E-state index in [1.54, 1.807) is 13.8 Å². The number of hydrogen-bond acceptors (Lipinski definition) is 7. The van der Waals surface area contributed by atoms with Crippen molar-refractivity contribution in [3.05, 3.63) is 11.8 Å². The standard InChI is InChI=1S/C16H26N2O6/c1-5-16(6-2)15(17)18(9-10-23-16)24-12(14(20)22-8-4)11-13(19)21-7-3/h11,17H,5-10H2,1-4H3/b12-11-,17-15?. The van der Waals surface area contributed by atoms with Gasteiger partial charge in [-0.25, -0.2) is 9.59 Å². The number of morpholine rings is 1. The van der Waals surface area contributed by atoms with Crippen molar-refractivity contribution in [2.75, 3.05) is 26.4 Å². The number of ether oxygens (including phenoxy) is 3. The van der Waals surface area contributed by atoms with Gasteiger partial charge in [-0.05, 0) is 26.7 Å². The van der Waals surface area contributed by atoms with Crippen molar-refractivity contribution in [3.8, 4) is 0 Å². The molecule has 0 aromatic carbocycles. The number of hydroxylamine groups is 2. The van der Waals surface area contributed by atoms with Crippen molar-refractivity contribution in [2.24, 2.45) is 0 Å². The number of nitrogens with one attached hydrogen (secondary N) is 1. The average molecular weight is 342 g/mol. The van der Waals surface area contributed by atoms with E-state index >= 15 is 0 Å². The molecule has 24 heavy (non-hydrogen) atoms. The zero-order valence-corrected chi connectivity index (χ0v) is 14.7. The largest absolute Gasteiger partial charge is 0.463 e. The van der Waals surface area contributed by atoms with Gasteiger partial charge in [0.05, 0.1) is 32.4 Å². The summed E-state index contributed by atoms with van der Waals surface area (Å²) in [5, 5.41) is 9.59. The minimum atomic E-state index is -0.788. The summed E-state index contributed by atoms with van der Waals surface area (Å²) < 4.78 is 15.4. The van der Waals surface area contributed by atoms with Gasteiger partial charge in [-0.3, -0.25) is 5.41 Å². The van der Waals surface area contributed by atoms with Gasteiger partial charge in [0.1, 0.15) is 5.60 Å². The number of amidine groups is 1. The van der Waals surface area contributed by atoms with Gasteiger partial charge in [-0.1, -0.05) is 13.8 Å². The van der Waals surface area contributed by atoms with Gasteiger partial charge in [0.15, 0.2) is 5.84 Å². The van der Waals surface area contributed by atoms with Crippen LogP contribution in [0.15, 0.2) is 11.8 Å². The van der Waals surface area contributed by atoms with E-state index in [9.17, 15) is 9.59 Å². The Labute approximate surface area is 142 Å². The van der Waals surface area contributed by atoms with Crippen LogP contribution < -0.4 is 0 Å². The van der Waals surface area contributed by atoms with Crippen LogP contribution in [0, 0.1) is 5.41 Å². The Morgan fingerprint density at radius 1 is 1.21 bits per heavy atom. The Morgan fingerprint density at radius 2 is 1.83 bits per heavy atom. The van der Waals surface area contributed by atoms with E-state index < -0.39 is 17.5 Å². The first-order valence-corrected chi connectivity index (χ1v) is 8.18. The van der Waals surface area contributed by atoms with Crippen molar-refractivity contribution in [1.29, 1.82) is 5.41 Å². The highest BCUT2D eigenvalue weighted by atomic mass is 16.7. The Morgan fingerprint density at radius 3 is 2.38 bits per heavy atom. The Hall–Kier alpha value is -2.09. The molecule has 8 nitrogen and oxygen atoms in total. The molecule has 8 heteroatoms. The molecule has 1 N–H and O–H groups in total. The first-order valence-electron chi connectivity index (χ1n) is 8.18. The Kier molecular flexibility index (Phi) is 7.70. The zero-order chi connectivity index (χ0) is 18.2. The Bertz CT molecular complexity index is 499. The Balaban J connectivity index is 2.98. The van der Waals surface area contributed by atoms with E-state index in [4.69, 9.17) is 24.5 Å². The second-order valence-electron chi connectivity index (χ2n) is 5.07. The van der Waals surface area contributed by atoms with Crippen molar-refractivity contribution in [1.82, 2.24) is 5.06 Å². The SMILES string of the molecule is CCOC(=O)/C=C(\ON1CCOC(CC)(CC)C1=N)C(=O)OCC. The lowest BCUT2D eigenvalue weighted by Gasteiger charge is -2.42. The molecule has 0 spiro atoms. The number of carbonyl (C=O) groups is 2. The maximum absolute atomic E-state index is 12.0. The topological polar surface area (TPSA) is 98.1 Å². The maximum Gasteiger partial charge on any atom is 0.377 e. The van der Waals surface area contributed by atoms with Crippen LogP contribution in [0.25, 0.3) is 0 Å². The summed E-state index contributed by atoms with van der Waals surface area (Å²) in [6.07, 6.45) is 2.13. The number of hydrogen-bond donors (Lipinski definition) is 1. The first kappa shape index (κ1) is 20.0. The summed E-state index contributed by atoms with van der Waals surface area (Å²) in [5.41, 5.74) is -0.762. The van der Waals surface area contributed by atoms with Crippen molar-refractivity contribution in [3.63, 3.8) is 0 Å².